The summed E-state index contributed by atoms with van der Waals surface area (Å²) in [5, 5.41) is 0. The number of likely N-dealkylation sites (tertiary alicyclic amines) is 2. The molecule has 2 aliphatic heterocycles. The van der Waals surface area contributed by atoms with Gasteiger partial charge >= 0.3 is 0 Å². The van der Waals surface area contributed by atoms with Crippen LogP contribution in [0.2, 0.25) is 0 Å². The number of amides is 2. The van der Waals surface area contributed by atoms with Crippen molar-refractivity contribution < 1.29 is 9.59 Å². The molecule has 0 aromatic carbocycles. The van der Waals surface area contributed by atoms with Gasteiger partial charge in [0, 0.05) is 56.4 Å². The third-order valence-electron chi connectivity index (χ3n) is 4.76. The molecule has 2 aliphatic rings. The van der Waals surface area contributed by atoms with E-state index in [0.29, 0.717) is 30.9 Å². The van der Waals surface area contributed by atoms with Crippen LogP contribution in [0, 0.1) is 5.41 Å². The van der Waals surface area contributed by atoms with Gasteiger partial charge in [-0.2, -0.15) is 0 Å². The molecule has 0 radical (unpaired) electrons. The zero-order valence-electron chi connectivity index (χ0n) is 13.1. The third-order valence-corrected chi connectivity index (χ3v) is 4.76. The summed E-state index contributed by atoms with van der Waals surface area (Å²) in [6.07, 6.45) is 8.73. The standard InChI is InChI=1S/C17H17N5O2/c23-15(13-2-1-4-18-8-13)21-7-3-17(10-21)11-22(12-17)16(24)14-9-19-5-6-20-14/h1-2,4-6,8-9H,3,7,10-12H2. The van der Waals surface area contributed by atoms with Crippen LogP contribution in [0.4, 0.5) is 0 Å². The molecule has 7 nitrogen and oxygen atoms in total. The van der Waals surface area contributed by atoms with E-state index in [4.69, 9.17) is 0 Å². The fraction of sp³-hybridized carbons (Fsp3) is 0.353. The molecule has 7 heteroatoms. The van der Waals surface area contributed by atoms with Gasteiger partial charge in [0.05, 0.1) is 11.8 Å². The number of nitrogens with zero attached hydrogens (tertiary/aromatic N) is 5. The number of hydrogen-bond acceptors (Lipinski definition) is 5. The average molecular weight is 323 g/mol. The van der Waals surface area contributed by atoms with E-state index in [9.17, 15) is 9.59 Å². The summed E-state index contributed by atoms with van der Waals surface area (Å²) in [7, 11) is 0. The monoisotopic (exact) mass is 323 g/mol. The van der Waals surface area contributed by atoms with Crippen molar-refractivity contribution in [2.45, 2.75) is 6.42 Å². The molecule has 2 aromatic heterocycles. The van der Waals surface area contributed by atoms with Crippen LogP contribution in [0.1, 0.15) is 27.3 Å². The quantitative estimate of drug-likeness (QED) is 0.819. The molecule has 2 amide bonds. The predicted octanol–water partition coefficient (Wildman–Crippen LogP) is 0.860. The first-order chi connectivity index (χ1) is 11.7. The molecule has 2 saturated heterocycles. The molecule has 2 aromatic rings. The van der Waals surface area contributed by atoms with Crippen LogP contribution in [0.15, 0.2) is 43.1 Å². The van der Waals surface area contributed by atoms with Crippen LogP contribution in [-0.2, 0) is 0 Å². The molecule has 0 unspecified atom stereocenters. The summed E-state index contributed by atoms with van der Waals surface area (Å²) in [6, 6.07) is 3.55. The van der Waals surface area contributed by atoms with E-state index in [1.807, 2.05) is 4.90 Å². The molecule has 0 atom stereocenters. The predicted molar refractivity (Wildman–Crippen MR) is 85.1 cm³/mol. The van der Waals surface area contributed by atoms with E-state index in [0.717, 1.165) is 13.0 Å². The minimum Gasteiger partial charge on any atom is -0.338 e. The van der Waals surface area contributed by atoms with Crippen LogP contribution in [0.3, 0.4) is 0 Å². The first-order valence-corrected chi connectivity index (χ1v) is 7.92. The highest BCUT2D eigenvalue weighted by Gasteiger charge is 2.50. The minimum absolute atomic E-state index is 0.0127. The Hall–Kier alpha value is -2.83. The zero-order valence-corrected chi connectivity index (χ0v) is 13.1. The lowest BCUT2D eigenvalue weighted by molar-refractivity contribution is 0.0105. The molecule has 0 aliphatic carbocycles. The molecule has 0 saturated carbocycles. The van der Waals surface area contributed by atoms with E-state index < -0.39 is 0 Å². The zero-order chi connectivity index (χ0) is 16.6. The van der Waals surface area contributed by atoms with Gasteiger partial charge < -0.3 is 9.80 Å². The molecule has 2 fully saturated rings. The Morgan fingerprint density at radius 2 is 1.75 bits per heavy atom. The lowest BCUT2D eigenvalue weighted by atomic mass is 9.79. The van der Waals surface area contributed by atoms with Crippen molar-refractivity contribution in [2.75, 3.05) is 26.2 Å². The Morgan fingerprint density at radius 1 is 0.958 bits per heavy atom. The summed E-state index contributed by atoms with van der Waals surface area (Å²) in [6.45, 7) is 2.74. The first-order valence-electron chi connectivity index (χ1n) is 7.92. The highest BCUT2D eigenvalue weighted by molar-refractivity contribution is 5.94. The molecular formula is C17H17N5O2. The molecule has 4 heterocycles. The van der Waals surface area contributed by atoms with Gasteiger partial charge in [-0.15, -0.1) is 0 Å². The number of aromatic nitrogens is 3. The van der Waals surface area contributed by atoms with Gasteiger partial charge in [-0.3, -0.25) is 19.6 Å². The Bertz CT molecular complexity index is 759. The Morgan fingerprint density at radius 3 is 2.46 bits per heavy atom. The van der Waals surface area contributed by atoms with Crippen molar-refractivity contribution >= 4 is 11.8 Å². The van der Waals surface area contributed by atoms with Crippen LogP contribution < -0.4 is 0 Å². The number of hydrogen-bond donors (Lipinski definition) is 0. The first kappa shape index (κ1) is 14.7. The highest BCUT2D eigenvalue weighted by Crippen LogP contribution is 2.40. The Balaban J connectivity index is 1.38. The van der Waals surface area contributed by atoms with E-state index in [1.54, 1.807) is 35.6 Å². The second-order valence-electron chi connectivity index (χ2n) is 6.47. The second-order valence-corrected chi connectivity index (χ2v) is 6.47. The summed E-state index contributed by atoms with van der Waals surface area (Å²) in [5.74, 6) is -0.0792. The van der Waals surface area contributed by atoms with E-state index in [-0.39, 0.29) is 17.2 Å². The number of rotatable bonds is 2. The van der Waals surface area contributed by atoms with E-state index in [2.05, 4.69) is 15.0 Å². The van der Waals surface area contributed by atoms with E-state index in [1.165, 1.54) is 12.4 Å². The molecule has 0 bridgehead atoms. The van der Waals surface area contributed by atoms with Gasteiger partial charge in [-0.05, 0) is 18.6 Å². The fourth-order valence-corrected chi connectivity index (χ4v) is 3.52. The normalized spacial score (nSPS) is 18.5. The number of carbonyl (C=O) groups excluding carboxylic acids is 2. The van der Waals surface area contributed by atoms with Crippen molar-refractivity contribution in [1.82, 2.24) is 24.8 Å². The molecule has 4 rings (SSSR count). The van der Waals surface area contributed by atoms with Crippen molar-refractivity contribution in [3.8, 4) is 0 Å². The fourth-order valence-electron chi connectivity index (χ4n) is 3.52. The number of carbonyl (C=O) groups is 2. The van der Waals surface area contributed by atoms with Gasteiger partial charge in [-0.1, -0.05) is 0 Å². The van der Waals surface area contributed by atoms with Gasteiger partial charge in [0.1, 0.15) is 5.69 Å². The lowest BCUT2D eigenvalue weighted by Crippen LogP contribution is -2.59. The van der Waals surface area contributed by atoms with Crippen molar-refractivity contribution in [2.24, 2.45) is 5.41 Å². The maximum Gasteiger partial charge on any atom is 0.274 e. The number of pyridine rings is 1. The van der Waals surface area contributed by atoms with Crippen molar-refractivity contribution in [3.05, 3.63) is 54.4 Å². The average Bonchev–Trinajstić information content (AvgIpc) is 3.06. The van der Waals surface area contributed by atoms with Crippen LogP contribution in [0.5, 0.6) is 0 Å². The third kappa shape index (κ3) is 2.51. The van der Waals surface area contributed by atoms with Crippen LogP contribution in [0.25, 0.3) is 0 Å². The van der Waals surface area contributed by atoms with Crippen molar-refractivity contribution in [3.63, 3.8) is 0 Å². The van der Waals surface area contributed by atoms with Gasteiger partial charge in [-0.25, -0.2) is 4.98 Å². The lowest BCUT2D eigenvalue weighted by Gasteiger charge is -2.47. The SMILES string of the molecule is O=C(c1cccnc1)N1CCC2(C1)CN(C(=O)c1cnccn1)C2. The minimum atomic E-state index is -0.0919. The summed E-state index contributed by atoms with van der Waals surface area (Å²) in [4.78, 5) is 40.5. The van der Waals surface area contributed by atoms with Crippen LogP contribution in [-0.4, -0.2) is 62.7 Å². The smallest absolute Gasteiger partial charge is 0.274 e. The summed E-state index contributed by atoms with van der Waals surface area (Å²) < 4.78 is 0. The highest BCUT2D eigenvalue weighted by atomic mass is 16.2. The second kappa shape index (κ2) is 5.67. The maximum atomic E-state index is 12.5. The molecule has 0 N–H and O–H groups in total. The topological polar surface area (TPSA) is 79.3 Å². The van der Waals surface area contributed by atoms with Gasteiger partial charge in [0.25, 0.3) is 11.8 Å². The van der Waals surface area contributed by atoms with Crippen molar-refractivity contribution in [1.29, 1.82) is 0 Å². The molecular weight excluding hydrogens is 306 g/mol. The summed E-state index contributed by atoms with van der Waals surface area (Å²) >= 11 is 0. The molecule has 24 heavy (non-hydrogen) atoms. The molecule has 122 valence electrons. The van der Waals surface area contributed by atoms with E-state index >= 15 is 0 Å². The van der Waals surface area contributed by atoms with Crippen LogP contribution >= 0.6 is 0 Å². The molecule has 1 spiro atoms. The van der Waals surface area contributed by atoms with Gasteiger partial charge in [0.2, 0.25) is 0 Å². The van der Waals surface area contributed by atoms with Gasteiger partial charge in [0.15, 0.2) is 0 Å². The largest absolute Gasteiger partial charge is 0.338 e. The Labute approximate surface area is 139 Å². The summed E-state index contributed by atoms with van der Waals surface area (Å²) in [5.41, 5.74) is 1.01. The maximum absolute atomic E-state index is 12.5. The Kier molecular flexibility index (Phi) is 3.48.